The lowest BCUT2D eigenvalue weighted by molar-refractivity contribution is 0.982. The van der Waals surface area contributed by atoms with Gasteiger partial charge < -0.3 is 0 Å². The average molecular weight is 279 g/mol. The van der Waals surface area contributed by atoms with Gasteiger partial charge in [-0.15, -0.1) is 24.0 Å². The van der Waals surface area contributed by atoms with E-state index in [1.165, 1.54) is 0 Å². The second-order valence-corrected chi connectivity index (χ2v) is 4.09. The zero-order chi connectivity index (χ0) is 11.7. The topological polar surface area (TPSA) is 17.8 Å². The van der Waals surface area contributed by atoms with Gasteiger partial charge in [-0.1, -0.05) is 30.3 Å². The number of benzene rings is 2. The first-order valence-corrected chi connectivity index (χ1v) is 6.01. The molecule has 0 unspecified atom stereocenters. The van der Waals surface area contributed by atoms with Crippen LogP contribution in [0.3, 0.4) is 0 Å². The van der Waals surface area contributed by atoms with Gasteiger partial charge in [-0.05, 0) is 24.3 Å². The Labute approximate surface area is 117 Å². The molecule has 0 saturated heterocycles. The zero-order valence-electron chi connectivity index (χ0n) is 9.58. The maximum atomic E-state index is 5.97. The third kappa shape index (κ3) is 2.09. The van der Waals surface area contributed by atoms with E-state index in [1.807, 2.05) is 36.4 Å². The van der Waals surface area contributed by atoms with Gasteiger partial charge in [-0.3, -0.25) is 4.57 Å². The molecular formula is C14H12Cl2N2. The number of para-hydroxylation sites is 3. The molecule has 0 bridgehead atoms. The fourth-order valence-electron chi connectivity index (χ4n) is 2.03. The highest BCUT2D eigenvalue weighted by molar-refractivity contribution is 6.17. The summed E-state index contributed by atoms with van der Waals surface area (Å²) in [5.41, 5.74) is 3.17. The molecule has 0 spiro atoms. The summed E-state index contributed by atoms with van der Waals surface area (Å²) in [6, 6.07) is 18.2. The number of alkyl halides is 1. The van der Waals surface area contributed by atoms with Gasteiger partial charge in [0.05, 0.1) is 16.9 Å². The fraction of sp³-hybridized carbons (Fsp3) is 0.0714. The van der Waals surface area contributed by atoms with E-state index in [1.54, 1.807) is 0 Å². The highest BCUT2D eigenvalue weighted by Crippen LogP contribution is 2.22. The van der Waals surface area contributed by atoms with Crippen LogP contribution in [0, 0.1) is 0 Å². The SMILES string of the molecule is Cl.ClCc1nc2ccccc2n1-c1ccccc1. The summed E-state index contributed by atoms with van der Waals surface area (Å²) < 4.78 is 2.10. The molecule has 1 aromatic heterocycles. The number of rotatable bonds is 2. The van der Waals surface area contributed by atoms with Gasteiger partial charge in [0.15, 0.2) is 0 Å². The molecule has 0 radical (unpaired) electrons. The Balaban J connectivity index is 0.00000120. The van der Waals surface area contributed by atoms with Crippen molar-refractivity contribution in [1.82, 2.24) is 9.55 Å². The van der Waals surface area contributed by atoms with E-state index < -0.39 is 0 Å². The number of hydrogen-bond acceptors (Lipinski definition) is 1. The highest BCUT2D eigenvalue weighted by Gasteiger charge is 2.10. The Morgan fingerprint density at radius 3 is 2.33 bits per heavy atom. The molecule has 0 saturated carbocycles. The molecule has 0 aliphatic heterocycles. The van der Waals surface area contributed by atoms with Gasteiger partial charge in [0.1, 0.15) is 5.82 Å². The van der Waals surface area contributed by atoms with E-state index in [0.29, 0.717) is 5.88 Å². The van der Waals surface area contributed by atoms with Crippen LogP contribution in [0.5, 0.6) is 0 Å². The molecule has 3 rings (SSSR count). The predicted octanol–water partition coefficient (Wildman–Crippen LogP) is 4.19. The molecule has 0 fully saturated rings. The third-order valence-electron chi connectivity index (χ3n) is 2.76. The number of imidazole rings is 1. The highest BCUT2D eigenvalue weighted by atomic mass is 35.5. The van der Waals surface area contributed by atoms with Crippen LogP contribution in [-0.4, -0.2) is 9.55 Å². The molecule has 0 N–H and O–H groups in total. The standard InChI is InChI=1S/C14H11ClN2.ClH/c15-10-14-16-12-8-4-5-9-13(12)17(14)11-6-2-1-3-7-11;/h1-9H,10H2;1H. The van der Waals surface area contributed by atoms with E-state index in [4.69, 9.17) is 11.6 Å². The van der Waals surface area contributed by atoms with Crippen LogP contribution in [0.15, 0.2) is 54.6 Å². The Morgan fingerprint density at radius 2 is 1.61 bits per heavy atom. The van der Waals surface area contributed by atoms with Crippen molar-refractivity contribution in [1.29, 1.82) is 0 Å². The van der Waals surface area contributed by atoms with Crippen LogP contribution in [0.1, 0.15) is 5.82 Å². The first-order chi connectivity index (χ1) is 8.40. The molecule has 1 heterocycles. The van der Waals surface area contributed by atoms with Crippen LogP contribution in [0.2, 0.25) is 0 Å². The Hall–Kier alpha value is -1.51. The number of nitrogens with zero attached hydrogens (tertiary/aromatic N) is 2. The summed E-state index contributed by atoms with van der Waals surface area (Å²) in [7, 11) is 0. The maximum Gasteiger partial charge on any atom is 0.129 e. The number of aromatic nitrogens is 2. The Bertz CT molecular complexity index is 647. The largest absolute Gasteiger partial charge is 0.295 e. The lowest BCUT2D eigenvalue weighted by atomic mass is 10.3. The van der Waals surface area contributed by atoms with Gasteiger partial charge >= 0.3 is 0 Å². The summed E-state index contributed by atoms with van der Waals surface area (Å²) >= 11 is 5.97. The van der Waals surface area contributed by atoms with Gasteiger partial charge in [0.2, 0.25) is 0 Å². The quantitative estimate of drug-likeness (QED) is 0.643. The molecule has 4 heteroatoms. The van der Waals surface area contributed by atoms with Crippen molar-refractivity contribution in [3.05, 3.63) is 60.4 Å². The van der Waals surface area contributed by atoms with E-state index in [-0.39, 0.29) is 12.4 Å². The van der Waals surface area contributed by atoms with E-state index in [9.17, 15) is 0 Å². The molecule has 2 aromatic carbocycles. The molecule has 18 heavy (non-hydrogen) atoms. The number of hydrogen-bond donors (Lipinski definition) is 0. The number of fused-ring (bicyclic) bond motifs is 1. The summed E-state index contributed by atoms with van der Waals surface area (Å²) in [5, 5.41) is 0. The predicted molar refractivity (Wildman–Crippen MR) is 77.9 cm³/mol. The van der Waals surface area contributed by atoms with Gasteiger partial charge in [-0.25, -0.2) is 4.98 Å². The minimum atomic E-state index is 0. The third-order valence-corrected chi connectivity index (χ3v) is 3.00. The van der Waals surface area contributed by atoms with Crippen molar-refractivity contribution in [3.63, 3.8) is 0 Å². The minimum absolute atomic E-state index is 0. The van der Waals surface area contributed by atoms with E-state index in [2.05, 4.69) is 27.8 Å². The minimum Gasteiger partial charge on any atom is -0.295 e. The van der Waals surface area contributed by atoms with Crippen molar-refractivity contribution in [2.45, 2.75) is 5.88 Å². The number of halogens is 2. The molecule has 0 amide bonds. The molecule has 0 aliphatic rings. The van der Waals surface area contributed by atoms with Crippen molar-refractivity contribution < 1.29 is 0 Å². The maximum absolute atomic E-state index is 5.97. The van der Waals surface area contributed by atoms with Crippen LogP contribution < -0.4 is 0 Å². The second kappa shape index (κ2) is 5.42. The molecular weight excluding hydrogens is 267 g/mol. The average Bonchev–Trinajstić information content (AvgIpc) is 2.78. The summed E-state index contributed by atoms with van der Waals surface area (Å²) in [6.07, 6.45) is 0. The van der Waals surface area contributed by atoms with E-state index in [0.717, 1.165) is 22.5 Å². The van der Waals surface area contributed by atoms with Crippen LogP contribution >= 0.6 is 24.0 Å². The van der Waals surface area contributed by atoms with Gasteiger partial charge in [0, 0.05) is 5.69 Å². The van der Waals surface area contributed by atoms with Crippen LogP contribution in [-0.2, 0) is 5.88 Å². The zero-order valence-corrected chi connectivity index (χ0v) is 11.2. The van der Waals surface area contributed by atoms with Gasteiger partial charge in [0.25, 0.3) is 0 Å². The van der Waals surface area contributed by atoms with Crippen molar-refractivity contribution in [2.75, 3.05) is 0 Å². The summed E-state index contributed by atoms with van der Waals surface area (Å²) in [5.74, 6) is 1.28. The van der Waals surface area contributed by atoms with Crippen molar-refractivity contribution in [2.24, 2.45) is 0 Å². The second-order valence-electron chi connectivity index (χ2n) is 3.82. The molecule has 2 nitrogen and oxygen atoms in total. The summed E-state index contributed by atoms with van der Waals surface area (Å²) in [6.45, 7) is 0. The Kier molecular flexibility index (Phi) is 3.90. The van der Waals surface area contributed by atoms with Crippen LogP contribution in [0.25, 0.3) is 16.7 Å². The molecule has 3 aromatic rings. The normalized spacial score (nSPS) is 10.3. The first-order valence-electron chi connectivity index (χ1n) is 5.48. The Morgan fingerprint density at radius 1 is 0.944 bits per heavy atom. The van der Waals surface area contributed by atoms with Crippen molar-refractivity contribution in [3.8, 4) is 5.69 Å². The first kappa shape index (κ1) is 12.9. The molecule has 92 valence electrons. The van der Waals surface area contributed by atoms with E-state index >= 15 is 0 Å². The summed E-state index contributed by atoms with van der Waals surface area (Å²) in [4.78, 5) is 4.54. The van der Waals surface area contributed by atoms with Crippen LogP contribution in [0.4, 0.5) is 0 Å². The molecule has 0 aliphatic carbocycles. The van der Waals surface area contributed by atoms with Gasteiger partial charge in [-0.2, -0.15) is 0 Å². The lowest BCUT2D eigenvalue weighted by Crippen LogP contribution is -1.98. The fourth-order valence-corrected chi connectivity index (χ4v) is 2.21. The monoisotopic (exact) mass is 278 g/mol. The smallest absolute Gasteiger partial charge is 0.129 e. The van der Waals surface area contributed by atoms with Crippen molar-refractivity contribution >= 4 is 35.0 Å². The molecule has 0 atom stereocenters. The lowest BCUT2D eigenvalue weighted by Gasteiger charge is -2.06.